The van der Waals surface area contributed by atoms with E-state index in [0.717, 1.165) is 10.9 Å². The lowest BCUT2D eigenvalue weighted by molar-refractivity contribution is 0.104. The highest BCUT2D eigenvalue weighted by Gasteiger charge is 2.17. The lowest BCUT2D eigenvalue weighted by atomic mass is 10.0. The number of nitrogens with two attached hydrogens (primary N) is 1. The van der Waals surface area contributed by atoms with Gasteiger partial charge in [-0.1, -0.05) is 24.3 Å². The monoisotopic (exact) mass is 264 g/mol. The number of nitrogens with zero attached hydrogens (tertiary/aromatic N) is 1. The first-order chi connectivity index (χ1) is 9.58. The van der Waals surface area contributed by atoms with Crippen LogP contribution in [0.3, 0.4) is 0 Å². The minimum atomic E-state index is -0.0300. The third-order valence-corrected chi connectivity index (χ3v) is 3.60. The number of aryl methyl sites for hydroxylation is 2. The van der Waals surface area contributed by atoms with Gasteiger partial charge in [-0.2, -0.15) is 0 Å². The van der Waals surface area contributed by atoms with E-state index in [1.165, 1.54) is 5.56 Å². The zero-order valence-corrected chi connectivity index (χ0v) is 11.6. The van der Waals surface area contributed by atoms with Crippen molar-refractivity contribution in [1.29, 1.82) is 0 Å². The Balaban J connectivity index is 2.21. The zero-order chi connectivity index (χ0) is 14.3. The molecule has 3 heteroatoms. The van der Waals surface area contributed by atoms with E-state index < -0.39 is 0 Å². The van der Waals surface area contributed by atoms with Crippen molar-refractivity contribution in [1.82, 2.24) is 4.57 Å². The van der Waals surface area contributed by atoms with Crippen molar-refractivity contribution in [3.05, 3.63) is 65.4 Å². The molecule has 2 N–H and O–H groups in total. The van der Waals surface area contributed by atoms with Crippen molar-refractivity contribution < 1.29 is 4.79 Å². The molecule has 1 aromatic heterocycles. The topological polar surface area (TPSA) is 48.0 Å². The maximum absolute atomic E-state index is 12.7. The smallest absolute Gasteiger partial charge is 0.197 e. The Morgan fingerprint density at radius 3 is 2.60 bits per heavy atom. The van der Waals surface area contributed by atoms with Crippen LogP contribution in [0.4, 0.5) is 5.69 Å². The van der Waals surface area contributed by atoms with Gasteiger partial charge in [0, 0.05) is 41.0 Å². The first kappa shape index (κ1) is 12.5. The van der Waals surface area contributed by atoms with Crippen LogP contribution in [0, 0.1) is 6.92 Å². The average Bonchev–Trinajstić information content (AvgIpc) is 2.76. The van der Waals surface area contributed by atoms with E-state index in [9.17, 15) is 4.79 Å². The van der Waals surface area contributed by atoms with Gasteiger partial charge in [0.1, 0.15) is 0 Å². The van der Waals surface area contributed by atoms with Crippen LogP contribution < -0.4 is 5.73 Å². The summed E-state index contributed by atoms with van der Waals surface area (Å²) in [7, 11) is 1.95. The van der Waals surface area contributed by atoms with E-state index in [1.807, 2.05) is 49.0 Å². The van der Waals surface area contributed by atoms with Gasteiger partial charge in [0.15, 0.2) is 5.78 Å². The molecule has 2 aromatic carbocycles. The van der Waals surface area contributed by atoms with Gasteiger partial charge in [0.2, 0.25) is 0 Å². The Morgan fingerprint density at radius 1 is 1.10 bits per heavy atom. The summed E-state index contributed by atoms with van der Waals surface area (Å²) in [6.45, 7) is 2.04. The number of rotatable bonds is 2. The predicted octanol–water partition coefficient (Wildman–Crippen LogP) is 3.30. The molecule has 3 nitrogen and oxygen atoms in total. The largest absolute Gasteiger partial charge is 0.398 e. The minimum Gasteiger partial charge on any atom is -0.398 e. The average molecular weight is 264 g/mol. The zero-order valence-electron chi connectivity index (χ0n) is 11.6. The van der Waals surface area contributed by atoms with Crippen molar-refractivity contribution in [2.24, 2.45) is 7.05 Å². The van der Waals surface area contributed by atoms with E-state index >= 15 is 0 Å². The molecule has 0 aliphatic rings. The Morgan fingerprint density at radius 2 is 1.85 bits per heavy atom. The van der Waals surface area contributed by atoms with E-state index in [0.29, 0.717) is 16.8 Å². The molecule has 0 bridgehead atoms. The van der Waals surface area contributed by atoms with Crippen molar-refractivity contribution in [3.63, 3.8) is 0 Å². The van der Waals surface area contributed by atoms with Crippen LogP contribution in [0.2, 0.25) is 0 Å². The molecule has 0 saturated heterocycles. The van der Waals surface area contributed by atoms with Gasteiger partial charge in [0.25, 0.3) is 0 Å². The van der Waals surface area contributed by atoms with Crippen LogP contribution in [0.25, 0.3) is 10.9 Å². The maximum Gasteiger partial charge on any atom is 0.197 e. The summed E-state index contributed by atoms with van der Waals surface area (Å²) in [4.78, 5) is 12.7. The molecule has 0 spiro atoms. The Bertz CT molecular complexity index is 815. The summed E-state index contributed by atoms with van der Waals surface area (Å²) < 4.78 is 1.98. The molecular formula is C17H16N2O. The van der Waals surface area contributed by atoms with E-state index in [2.05, 4.69) is 6.07 Å². The Labute approximate surface area is 117 Å². The first-order valence-electron chi connectivity index (χ1n) is 6.53. The van der Waals surface area contributed by atoms with E-state index in [1.54, 1.807) is 12.1 Å². The van der Waals surface area contributed by atoms with Gasteiger partial charge in [-0.05, 0) is 30.7 Å². The summed E-state index contributed by atoms with van der Waals surface area (Å²) in [6, 6.07) is 13.3. The van der Waals surface area contributed by atoms with Gasteiger partial charge in [-0.3, -0.25) is 4.79 Å². The van der Waals surface area contributed by atoms with Gasteiger partial charge in [-0.15, -0.1) is 0 Å². The van der Waals surface area contributed by atoms with Crippen molar-refractivity contribution in [2.75, 3.05) is 5.73 Å². The summed E-state index contributed by atoms with van der Waals surface area (Å²) in [5, 5.41) is 0.964. The SMILES string of the molecule is Cc1ccc2c(C(=O)c3ccccc3N)cn(C)c2c1. The van der Waals surface area contributed by atoms with Crippen molar-refractivity contribution >= 4 is 22.4 Å². The summed E-state index contributed by atoms with van der Waals surface area (Å²) in [6.07, 6.45) is 1.87. The molecule has 0 fully saturated rings. The highest BCUT2D eigenvalue weighted by molar-refractivity contribution is 6.18. The van der Waals surface area contributed by atoms with Crippen molar-refractivity contribution in [2.45, 2.75) is 6.92 Å². The van der Waals surface area contributed by atoms with Crippen molar-refractivity contribution in [3.8, 4) is 0 Å². The third kappa shape index (κ3) is 1.88. The lowest BCUT2D eigenvalue weighted by Crippen LogP contribution is -2.04. The fraction of sp³-hybridized carbons (Fsp3) is 0.118. The highest BCUT2D eigenvalue weighted by Crippen LogP contribution is 2.25. The van der Waals surface area contributed by atoms with Gasteiger partial charge < -0.3 is 10.3 Å². The molecule has 0 radical (unpaired) electrons. The molecule has 100 valence electrons. The maximum atomic E-state index is 12.7. The molecule has 3 rings (SSSR count). The van der Waals surface area contributed by atoms with Crippen LogP contribution in [-0.2, 0) is 7.05 Å². The second kappa shape index (κ2) is 4.53. The molecule has 0 atom stereocenters. The van der Waals surface area contributed by atoms with Crippen LogP contribution in [0.1, 0.15) is 21.5 Å². The quantitative estimate of drug-likeness (QED) is 0.570. The summed E-state index contributed by atoms with van der Waals surface area (Å²) in [5.74, 6) is -0.0300. The lowest BCUT2D eigenvalue weighted by Gasteiger charge is -2.03. The number of hydrogen-bond acceptors (Lipinski definition) is 2. The summed E-state index contributed by atoms with van der Waals surface area (Å²) in [5.41, 5.74) is 9.91. The molecule has 0 aliphatic carbocycles. The Hall–Kier alpha value is -2.55. The van der Waals surface area contributed by atoms with Crippen LogP contribution in [0.15, 0.2) is 48.7 Å². The number of ketones is 1. The number of nitrogen functional groups attached to an aromatic ring is 1. The molecule has 0 aliphatic heterocycles. The number of anilines is 1. The highest BCUT2D eigenvalue weighted by atomic mass is 16.1. The van der Waals surface area contributed by atoms with Gasteiger partial charge in [0.05, 0.1) is 0 Å². The third-order valence-electron chi connectivity index (χ3n) is 3.60. The second-order valence-corrected chi connectivity index (χ2v) is 5.09. The Kier molecular flexibility index (Phi) is 2.83. The number of fused-ring (bicyclic) bond motifs is 1. The molecule has 20 heavy (non-hydrogen) atoms. The number of carbonyl (C=O) groups excluding carboxylic acids is 1. The normalized spacial score (nSPS) is 10.9. The second-order valence-electron chi connectivity index (χ2n) is 5.09. The van der Waals surface area contributed by atoms with E-state index in [-0.39, 0.29) is 5.78 Å². The van der Waals surface area contributed by atoms with Crippen LogP contribution >= 0.6 is 0 Å². The number of hydrogen-bond donors (Lipinski definition) is 1. The molecule has 0 unspecified atom stereocenters. The number of benzene rings is 2. The van der Waals surface area contributed by atoms with Gasteiger partial charge in [-0.25, -0.2) is 0 Å². The number of para-hydroxylation sites is 1. The standard InChI is InChI=1S/C17H16N2O/c1-11-7-8-12-14(10-19(2)16(12)9-11)17(20)13-5-3-4-6-15(13)18/h3-10H,18H2,1-2H3. The van der Waals surface area contributed by atoms with E-state index in [4.69, 9.17) is 5.73 Å². The molecule has 3 aromatic rings. The summed E-state index contributed by atoms with van der Waals surface area (Å²) >= 11 is 0. The van der Waals surface area contributed by atoms with Crippen LogP contribution in [-0.4, -0.2) is 10.4 Å². The molecule has 0 amide bonds. The minimum absolute atomic E-state index is 0.0300. The fourth-order valence-corrected chi connectivity index (χ4v) is 2.52. The van der Waals surface area contributed by atoms with Gasteiger partial charge >= 0.3 is 0 Å². The number of carbonyl (C=O) groups is 1. The molecular weight excluding hydrogens is 248 g/mol. The fourth-order valence-electron chi connectivity index (χ4n) is 2.52. The first-order valence-corrected chi connectivity index (χ1v) is 6.53. The molecule has 1 heterocycles. The van der Waals surface area contributed by atoms with Crippen LogP contribution in [0.5, 0.6) is 0 Å². The molecule has 0 saturated carbocycles. The predicted molar refractivity (Wildman–Crippen MR) is 81.9 cm³/mol. The number of aromatic nitrogens is 1.